The lowest BCUT2D eigenvalue weighted by molar-refractivity contribution is -0.172. The molecule has 73 heavy (non-hydrogen) atoms. The molecule has 0 fully saturated rings. The number of alkyl carbamates (subject to hydrolysis) is 1. The van der Waals surface area contributed by atoms with Crippen molar-refractivity contribution in [2.24, 2.45) is 11.7 Å². The second kappa shape index (κ2) is 23.2. The fourth-order valence-electron chi connectivity index (χ4n) is 9.56. The van der Waals surface area contributed by atoms with Crippen LogP contribution in [0.15, 0.2) is 41.2 Å². The van der Waals surface area contributed by atoms with E-state index in [0.29, 0.717) is 69.6 Å². The molecule has 0 unspecified atom stereocenters. The third-order valence-electron chi connectivity index (χ3n) is 13.6. The van der Waals surface area contributed by atoms with E-state index in [1.165, 1.54) is 10.6 Å². The third kappa shape index (κ3) is 11.9. The Bertz CT molecular complexity index is 2890. The van der Waals surface area contributed by atoms with Crippen molar-refractivity contribution in [1.29, 1.82) is 0 Å². The first kappa shape index (κ1) is 53.7. The Labute approximate surface area is 424 Å². The Morgan fingerprint density at radius 3 is 2.42 bits per heavy atom. The molecule has 2 aromatic carbocycles. The maximum absolute atomic E-state index is 15.4. The Morgan fingerprint density at radius 1 is 0.986 bits per heavy atom. The van der Waals surface area contributed by atoms with Gasteiger partial charge in [0.1, 0.15) is 31.1 Å². The van der Waals surface area contributed by atoms with E-state index in [1.807, 2.05) is 6.26 Å². The molecule has 7 amide bonds. The Morgan fingerprint density at radius 2 is 1.73 bits per heavy atom. The number of aromatic nitrogens is 2. The van der Waals surface area contributed by atoms with Crippen LogP contribution in [0.3, 0.4) is 0 Å². The molecule has 0 saturated carbocycles. The number of pyridine rings is 2. The van der Waals surface area contributed by atoms with Crippen LogP contribution in [0.5, 0.6) is 0 Å². The molecule has 0 saturated heterocycles. The van der Waals surface area contributed by atoms with Crippen molar-refractivity contribution in [3.8, 4) is 11.4 Å². The molecule has 0 spiro atoms. The molecular formula is C51H62FN9O11S. The maximum Gasteiger partial charge on any atom is 0.407 e. The molecule has 0 radical (unpaired) electrons. The smallest absolute Gasteiger partial charge is 0.407 e. The number of nitrogens with two attached hydrogens (primary N) is 1. The second-order valence-corrected chi connectivity index (χ2v) is 19.8. The second-order valence-electron chi connectivity index (χ2n) is 18.8. The number of thioether (sulfide) groups is 1. The van der Waals surface area contributed by atoms with Gasteiger partial charge in [-0.3, -0.25) is 24.0 Å². The number of hydrogen-bond acceptors (Lipinski definition) is 13. The summed E-state index contributed by atoms with van der Waals surface area (Å²) in [5, 5.41) is 28.6. The van der Waals surface area contributed by atoms with Crippen molar-refractivity contribution in [1.82, 2.24) is 36.1 Å². The number of fused-ring (bicyclic) bond motifs is 5. The largest absolute Gasteiger partial charge is 0.458 e. The van der Waals surface area contributed by atoms with Gasteiger partial charge < -0.3 is 56.8 Å². The van der Waals surface area contributed by atoms with Crippen molar-refractivity contribution in [3.05, 3.63) is 91.5 Å². The molecular weight excluding hydrogens is 966 g/mol. The van der Waals surface area contributed by atoms with Gasteiger partial charge in [-0.05, 0) is 98.1 Å². The number of esters is 1. The van der Waals surface area contributed by atoms with Crippen LogP contribution in [-0.2, 0) is 65.2 Å². The maximum atomic E-state index is 15.4. The number of anilines is 1. The molecule has 9 N–H and O–H groups in total. The highest BCUT2D eigenvalue weighted by Gasteiger charge is 2.46. The van der Waals surface area contributed by atoms with Crippen LogP contribution in [0.1, 0.15) is 111 Å². The monoisotopic (exact) mass is 1030 g/mol. The number of benzene rings is 2. The number of nitrogens with zero attached hydrogens (tertiary/aromatic N) is 2. The molecule has 390 valence electrons. The fraction of sp³-hybridized carbons (Fsp3) is 0.471. The van der Waals surface area contributed by atoms with Gasteiger partial charge in [0.2, 0.25) is 23.6 Å². The highest BCUT2D eigenvalue weighted by molar-refractivity contribution is 7.98. The highest BCUT2D eigenvalue weighted by Crippen LogP contribution is 2.46. The predicted octanol–water partition coefficient (Wildman–Crippen LogP) is 4.10. The van der Waals surface area contributed by atoms with E-state index >= 15 is 4.39 Å². The van der Waals surface area contributed by atoms with Gasteiger partial charge in [0.25, 0.3) is 5.56 Å². The number of urea groups is 1. The normalized spacial score (nSPS) is 17.0. The van der Waals surface area contributed by atoms with Crippen LogP contribution in [-0.4, -0.2) is 93.6 Å². The topological polar surface area (TPSA) is 291 Å². The van der Waals surface area contributed by atoms with Crippen LogP contribution >= 0.6 is 11.8 Å². The summed E-state index contributed by atoms with van der Waals surface area (Å²) in [7, 11) is 0. The molecule has 20 nitrogen and oxygen atoms in total. The predicted molar refractivity (Wildman–Crippen MR) is 269 cm³/mol. The van der Waals surface area contributed by atoms with E-state index in [9.17, 15) is 43.5 Å². The van der Waals surface area contributed by atoms with Gasteiger partial charge in [0.15, 0.2) is 5.60 Å². The van der Waals surface area contributed by atoms with Gasteiger partial charge in [0.05, 0.1) is 35.1 Å². The van der Waals surface area contributed by atoms with Gasteiger partial charge in [-0.1, -0.05) is 32.9 Å². The van der Waals surface area contributed by atoms with Crippen molar-refractivity contribution in [2.45, 2.75) is 123 Å². The number of cyclic esters (lactones) is 1. The zero-order valence-corrected chi connectivity index (χ0v) is 42.3. The first-order chi connectivity index (χ1) is 34.8. The van der Waals surface area contributed by atoms with E-state index in [0.717, 1.165) is 11.3 Å². The summed E-state index contributed by atoms with van der Waals surface area (Å²) in [5.74, 6) is -2.63. The standard InChI is InChI=1S/C51H62FN9O11S/c1-6-51(70)33-21-38-44-31(23-61(38)47(66)32(33)25-71-48(51)67)42-35(17-16-30-27(4)34(52)22-37(57-44)41(30)42)59-50(69)72-24-28-12-14-29(15-13-28)56-45(64)36(9-8-18-55-49(53)68)58-46(65)43(26(2)3)60-40(63)11-7-10-39(62)54-19-20-73-5/h12-15,21-22,26,35-36,43,70H,6-11,16-20,23-25H2,1-5H3,(H,54,62)(H,56,64)(H,58,65)(H,59,69)(H,60,63)(H3,53,55,68)/t35-,36-,43-,51-/m0/s1. The summed E-state index contributed by atoms with van der Waals surface area (Å²) in [6.45, 7) is 7.07. The van der Waals surface area contributed by atoms with Crippen molar-refractivity contribution < 1.29 is 52.5 Å². The Hall–Kier alpha value is -7.07. The van der Waals surface area contributed by atoms with Gasteiger partial charge >= 0.3 is 18.1 Å². The summed E-state index contributed by atoms with van der Waals surface area (Å²) >= 11 is 1.60. The summed E-state index contributed by atoms with van der Waals surface area (Å²) in [5.41, 5.74) is 7.48. The van der Waals surface area contributed by atoms with Crippen LogP contribution < -0.4 is 43.2 Å². The molecule has 2 aliphatic heterocycles. The quantitative estimate of drug-likeness (QED) is 0.0380. The molecule has 4 aromatic rings. The summed E-state index contributed by atoms with van der Waals surface area (Å²) in [6, 6.07) is 5.94. The van der Waals surface area contributed by atoms with Crippen molar-refractivity contribution in [2.75, 3.05) is 30.4 Å². The van der Waals surface area contributed by atoms with Crippen molar-refractivity contribution >= 4 is 70.1 Å². The van der Waals surface area contributed by atoms with E-state index in [4.69, 9.17) is 20.2 Å². The van der Waals surface area contributed by atoms with Crippen molar-refractivity contribution in [3.63, 3.8) is 0 Å². The van der Waals surface area contributed by atoms with Gasteiger partial charge in [-0.2, -0.15) is 11.8 Å². The Kier molecular flexibility index (Phi) is 17.1. The number of hydrogen-bond donors (Lipinski definition) is 8. The van der Waals surface area contributed by atoms with Gasteiger partial charge in [-0.25, -0.2) is 23.8 Å². The Balaban J connectivity index is 1.01. The number of ether oxygens (including phenoxy) is 2. The number of aliphatic hydroxyl groups is 1. The molecule has 7 rings (SSSR count). The van der Waals surface area contributed by atoms with Crippen LogP contribution in [0.2, 0.25) is 0 Å². The van der Waals surface area contributed by atoms with Gasteiger partial charge in [-0.15, -0.1) is 0 Å². The number of carbonyl (C=O) groups is 7. The van der Waals surface area contributed by atoms with Crippen LogP contribution in [0, 0.1) is 18.7 Å². The minimum absolute atomic E-state index is 0.0209. The molecule has 1 aliphatic carbocycles. The summed E-state index contributed by atoms with van der Waals surface area (Å²) < 4.78 is 27.8. The number of nitrogens with one attached hydrogen (secondary N) is 6. The third-order valence-corrected chi connectivity index (χ3v) is 14.2. The number of rotatable bonds is 21. The van der Waals surface area contributed by atoms with E-state index in [1.54, 1.807) is 69.8 Å². The first-order valence-corrected chi connectivity index (χ1v) is 25.8. The molecule has 22 heteroatoms. The van der Waals surface area contributed by atoms with E-state index < -0.39 is 70.9 Å². The van der Waals surface area contributed by atoms with Crippen LogP contribution in [0.25, 0.3) is 22.3 Å². The SMILES string of the molecule is CC[C@@]1(O)C(=O)OCc2c1cc1n(c2=O)Cc2c-1nc1cc(F)c(C)c3c1c2[C@@H](NC(=O)OCc1ccc(NC(=O)[C@H](CCCNC(N)=O)NC(=O)[C@@H](NC(=O)CCCC(=O)NCCSC)C(C)C)cc1)CC3. The average Bonchev–Trinajstić information content (AvgIpc) is 3.73. The number of primary amides is 1. The number of amides is 7. The molecule has 4 atom stereocenters. The lowest BCUT2D eigenvalue weighted by atomic mass is 9.81. The molecule has 0 bridgehead atoms. The van der Waals surface area contributed by atoms with E-state index in [-0.39, 0.29) is 87.8 Å². The molecule has 2 aromatic heterocycles. The summed E-state index contributed by atoms with van der Waals surface area (Å²) in [4.78, 5) is 109. The number of carbonyl (C=O) groups excluding carboxylic acids is 7. The van der Waals surface area contributed by atoms with Crippen LogP contribution in [0.4, 0.5) is 19.7 Å². The molecule has 4 heterocycles. The average molecular weight is 1030 g/mol. The molecule has 3 aliphatic rings. The fourth-order valence-corrected chi connectivity index (χ4v) is 9.87. The van der Waals surface area contributed by atoms with Gasteiger partial charge in [0, 0.05) is 60.0 Å². The zero-order valence-electron chi connectivity index (χ0n) is 41.5. The minimum Gasteiger partial charge on any atom is -0.458 e. The minimum atomic E-state index is -2.04. The number of halogens is 1. The highest BCUT2D eigenvalue weighted by atomic mass is 32.2. The first-order valence-electron chi connectivity index (χ1n) is 24.4. The number of aryl methyl sites for hydroxylation is 1. The lowest BCUT2D eigenvalue weighted by Crippen LogP contribution is -2.54. The lowest BCUT2D eigenvalue weighted by Gasteiger charge is -2.31. The zero-order chi connectivity index (χ0) is 52.7. The summed E-state index contributed by atoms with van der Waals surface area (Å²) in [6.07, 6.45) is 2.79. The van der Waals surface area contributed by atoms with E-state index in [2.05, 4.69) is 31.9 Å².